The van der Waals surface area contributed by atoms with Crippen molar-refractivity contribution in [1.29, 1.82) is 0 Å². The lowest BCUT2D eigenvalue weighted by atomic mass is 10.0. The molecule has 0 radical (unpaired) electrons. The van der Waals surface area contributed by atoms with Gasteiger partial charge in [-0.3, -0.25) is 4.98 Å². The molecule has 2 aromatic rings. The predicted molar refractivity (Wildman–Crippen MR) is 64.3 cm³/mol. The van der Waals surface area contributed by atoms with Gasteiger partial charge in [0.25, 0.3) is 0 Å². The van der Waals surface area contributed by atoms with Crippen molar-refractivity contribution in [2.75, 3.05) is 0 Å². The summed E-state index contributed by atoms with van der Waals surface area (Å²) in [4.78, 5) is 3.55. The number of nitrogens with zero attached hydrogens (tertiary/aromatic N) is 1. The van der Waals surface area contributed by atoms with Gasteiger partial charge in [0.15, 0.2) is 0 Å². The van der Waals surface area contributed by atoms with Crippen LogP contribution in [0.2, 0.25) is 0 Å². The van der Waals surface area contributed by atoms with E-state index in [2.05, 4.69) is 4.98 Å². The van der Waals surface area contributed by atoms with Crippen LogP contribution in [0.3, 0.4) is 0 Å². The van der Waals surface area contributed by atoms with E-state index >= 15 is 0 Å². The van der Waals surface area contributed by atoms with Crippen LogP contribution in [0.1, 0.15) is 22.8 Å². The van der Waals surface area contributed by atoms with Crippen LogP contribution < -0.4 is 0 Å². The topological polar surface area (TPSA) is 33.1 Å². The number of aliphatic hydroxyl groups excluding tert-OH is 1. The fourth-order valence-electron chi connectivity index (χ4n) is 1.86. The molecule has 1 N–H and O–H groups in total. The van der Waals surface area contributed by atoms with Gasteiger partial charge in [-0.1, -0.05) is 18.2 Å². The molecule has 1 aromatic carbocycles. The van der Waals surface area contributed by atoms with E-state index in [-0.39, 0.29) is 17.5 Å². The van der Waals surface area contributed by atoms with Crippen molar-refractivity contribution in [3.8, 4) is 0 Å². The fourth-order valence-corrected chi connectivity index (χ4v) is 1.86. The maximum Gasteiger partial charge on any atom is 0.416 e. The Morgan fingerprint density at radius 1 is 1.20 bits per heavy atom. The molecule has 0 aliphatic rings. The van der Waals surface area contributed by atoms with Gasteiger partial charge in [-0.05, 0) is 17.7 Å². The van der Waals surface area contributed by atoms with Gasteiger partial charge in [0.05, 0.1) is 17.9 Å². The van der Waals surface area contributed by atoms with Crippen LogP contribution in [0, 0.1) is 5.82 Å². The Morgan fingerprint density at radius 2 is 1.95 bits per heavy atom. The maximum atomic E-state index is 13.4. The number of hydrogen-bond donors (Lipinski definition) is 1. The number of aromatic nitrogens is 1. The summed E-state index contributed by atoms with van der Waals surface area (Å²) in [5, 5.41) is 9.90. The summed E-state index contributed by atoms with van der Waals surface area (Å²) in [5.41, 5.74) is -0.502. The first kappa shape index (κ1) is 14.5. The van der Waals surface area contributed by atoms with E-state index in [0.29, 0.717) is 0 Å². The number of pyridine rings is 1. The second-order valence-corrected chi connectivity index (χ2v) is 4.32. The first-order valence-corrected chi connectivity index (χ1v) is 5.81. The van der Waals surface area contributed by atoms with Crippen molar-refractivity contribution in [2.24, 2.45) is 0 Å². The molecule has 2 rings (SSSR count). The van der Waals surface area contributed by atoms with Gasteiger partial charge in [-0.2, -0.15) is 13.2 Å². The Labute approximate surface area is 112 Å². The summed E-state index contributed by atoms with van der Waals surface area (Å²) < 4.78 is 51.1. The lowest BCUT2D eigenvalue weighted by Crippen LogP contribution is -2.08. The molecule has 0 aliphatic carbocycles. The first-order chi connectivity index (χ1) is 9.38. The summed E-state index contributed by atoms with van der Waals surface area (Å²) in [7, 11) is 0. The van der Waals surface area contributed by atoms with E-state index in [1.165, 1.54) is 24.4 Å². The average molecular weight is 285 g/mol. The van der Waals surface area contributed by atoms with E-state index in [1.54, 1.807) is 0 Å². The molecule has 1 atom stereocenters. The van der Waals surface area contributed by atoms with Gasteiger partial charge in [0, 0.05) is 18.2 Å². The standard InChI is InChI=1S/C14H11F4NO/c15-12-8-19-5-4-11(12)13(20)7-9-2-1-3-10(6-9)14(16,17)18/h1-6,8,13,20H,7H2. The SMILES string of the molecule is OC(Cc1cccc(C(F)(F)F)c1)c1ccncc1F. The van der Waals surface area contributed by atoms with Gasteiger partial charge in [-0.25, -0.2) is 4.39 Å². The Hall–Kier alpha value is -1.95. The summed E-state index contributed by atoms with van der Waals surface area (Å²) in [6.07, 6.45) is -3.51. The van der Waals surface area contributed by atoms with Crippen molar-refractivity contribution in [2.45, 2.75) is 18.7 Å². The highest BCUT2D eigenvalue weighted by Crippen LogP contribution is 2.30. The number of halogens is 4. The van der Waals surface area contributed by atoms with E-state index < -0.39 is 23.7 Å². The van der Waals surface area contributed by atoms with Crippen LogP contribution >= 0.6 is 0 Å². The van der Waals surface area contributed by atoms with E-state index in [9.17, 15) is 22.7 Å². The molecule has 0 amide bonds. The highest BCUT2D eigenvalue weighted by Gasteiger charge is 2.30. The second kappa shape index (κ2) is 5.58. The van der Waals surface area contributed by atoms with Gasteiger partial charge < -0.3 is 5.11 Å². The van der Waals surface area contributed by atoms with Crippen molar-refractivity contribution < 1.29 is 22.7 Å². The minimum absolute atomic E-state index is 0.0115. The molecule has 0 saturated carbocycles. The van der Waals surface area contributed by atoms with Crippen molar-refractivity contribution in [3.05, 3.63) is 65.2 Å². The molecule has 0 aliphatic heterocycles. The van der Waals surface area contributed by atoms with Crippen LogP contribution in [0.25, 0.3) is 0 Å². The third-order valence-electron chi connectivity index (χ3n) is 2.85. The van der Waals surface area contributed by atoms with Gasteiger partial charge in [-0.15, -0.1) is 0 Å². The number of benzene rings is 1. The quantitative estimate of drug-likeness (QED) is 0.875. The van der Waals surface area contributed by atoms with Crippen LogP contribution in [0.5, 0.6) is 0 Å². The molecule has 2 nitrogen and oxygen atoms in total. The molecule has 106 valence electrons. The normalized spacial score (nSPS) is 13.2. The number of aliphatic hydroxyl groups is 1. The Kier molecular flexibility index (Phi) is 4.04. The highest BCUT2D eigenvalue weighted by atomic mass is 19.4. The molecule has 1 unspecified atom stereocenters. The molecule has 1 aromatic heterocycles. The minimum atomic E-state index is -4.44. The third-order valence-corrected chi connectivity index (χ3v) is 2.85. The zero-order chi connectivity index (χ0) is 14.8. The van der Waals surface area contributed by atoms with Crippen LogP contribution in [0.15, 0.2) is 42.7 Å². The molecule has 0 bridgehead atoms. The Balaban J connectivity index is 2.20. The van der Waals surface area contributed by atoms with Gasteiger partial charge in [0.1, 0.15) is 5.82 Å². The molecule has 0 fully saturated rings. The monoisotopic (exact) mass is 285 g/mol. The molecule has 6 heteroatoms. The maximum absolute atomic E-state index is 13.4. The summed E-state index contributed by atoms with van der Waals surface area (Å²) in [6, 6.07) is 5.91. The van der Waals surface area contributed by atoms with Gasteiger partial charge >= 0.3 is 6.18 Å². The number of hydrogen-bond acceptors (Lipinski definition) is 2. The molecule has 1 heterocycles. The molecule has 0 spiro atoms. The molecule has 20 heavy (non-hydrogen) atoms. The fraction of sp³-hybridized carbons (Fsp3) is 0.214. The van der Waals surface area contributed by atoms with E-state index in [4.69, 9.17) is 0 Å². The second-order valence-electron chi connectivity index (χ2n) is 4.32. The largest absolute Gasteiger partial charge is 0.416 e. The van der Waals surface area contributed by atoms with Gasteiger partial charge in [0.2, 0.25) is 0 Å². The zero-order valence-corrected chi connectivity index (χ0v) is 10.2. The number of rotatable bonds is 3. The minimum Gasteiger partial charge on any atom is -0.388 e. The zero-order valence-electron chi connectivity index (χ0n) is 10.2. The summed E-state index contributed by atoms with van der Waals surface area (Å²) in [6.45, 7) is 0. The van der Waals surface area contributed by atoms with Crippen molar-refractivity contribution >= 4 is 0 Å². The van der Waals surface area contributed by atoms with E-state index in [1.807, 2.05) is 0 Å². The first-order valence-electron chi connectivity index (χ1n) is 5.81. The Morgan fingerprint density at radius 3 is 2.60 bits per heavy atom. The predicted octanol–water partition coefficient (Wildman–Crippen LogP) is 3.52. The molecule has 0 saturated heterocycles. The molecular formula is C14H11F4NO. The lowest BCUT2D eigenvalue weighted by molar-refractivity contribution is -0.137. The van der Waals surface area contributed by atoms with Crippen molar-refractivity contribution in [3.63, 3.8) is 0 Å². The smallest absolute Gasteiger partial charge is 0.388 e. The van der Waals surface area contributed by atoms with E-state index in [0.717, 1.165) is 18.3 Å². The summed E-state index contributed by atoms with van der Waals surface area (Å²) in [5.74, 6) is -0.688. The highest BCUT2D eigenvalue weighted by molar-refractivity contribution is 5.27. The van der Waals surface area contributed by atoms with Crippen LogP contribution in [-0.2, 0) is 12.6 Å². The number of alkyl halides is 3. The summed E-state index contributed by atoms with van der Waals surface area (Å²) >= 11 is 0. The van der Waals surface area contributed by atoms with Crippen LogP contribution in [-0.4, -0.2) is 10.1 Å². The van der Waals surface area contributed by atoms with Crippen LogP contribution in [0.4, 0.5) is 17.6 Å². The van der Waals surface area contributed by atoms with Crippen molar-refractivity contribution in [1.82, 2.24) is 4.98 Å². The lowest BCUT2D eigenvalue weighted by Gasteiger charge is -2.13. The Bertz CT molecular complexity index is 598. The molecular weight excluding hydrogens is 274 g/mol. The third kappa shape index (κ3) is 3.33. The average Bonchev–Trinajstić information content (AvgIpc) is 2.38.